The van der Waals surface area contributed by atoms with Gasteiger partial charge in [-0.15, -0.1) is 0 Å². The molecule has 0 saturated carbocycles. The van der Waals surface area contributed by atoms with Crippen LogP contribution in [-0.4, -0.2) is 6.54 Å². The number of ether oxygens (including phenoxy) is 1. The molecule has 1 N–H and O–H groups in total. The molecule has 0 aliphatic heterocycles. The van der Waals surface area contributed by atoms with E-state index in [0.29, 0.717) is 5.56 Å². The van der Waals surface area contributed by atoms with Crippen molar-refractivity contribution >= 4 is 31.9 Å². The Morgan fingerprint density at radius 3 is 2.62 bits per heavy atom. The smallest absolute Gasteiger partial charge is 0.130 e. The fourth-order valence-corrected chi connectivity index (χ4v) is 2.56. The van der Waals surface area contributed by atoms with Crippen LogP contribution in [0.25, 0.3) is 0 Å². The monoisotopic (exact) mass is 415 g/mol. The van der Waals surface area contributed by atoms with Gasteiger partial charge >= 0.3 is 0 Å². The first kappa shape index (κ1) is 16.5. The van der Waals surface area contributed by atoms with Crippen molar-refractivity contribution in [3.63, 3.8) is 0 Å². The fraction of sp³-hybridized carbons (Fsp3) is 0.250. The first-order chi connectivity index (χ1) is 10.1. The zero-order chi connectivity index (χ0) is 15.2. The average Bonchev–Trinajstić information content (AvgIpc) is 2.46. The van der Waals surface area contributed by atoms with Crippen molar-refractivity contribution in [2.45, 2.75) is 20.1 Å². The molecule has 21 heavy (non-hydrogen) atoms. The first-order valence-electron chi connectivity index (χ1n) is 6.66. The summed E-state index contributed by atoms with van der Waals surface area (Å²) in [5, 5.41) is 3.27. The maximum Gasteiger partial charge on any atom is 0.130 e. The van der Waals surface area contributed by atoms with Gasteiger partial charge in [0.05, 0.1) is 0 Å². The summed E-state index contributed by atoms with van der Waals surface area (Å²) >= 11 is 6.76. The second-order valence-corrected chi connectivity index (χ2v) is 6.33. The second-order valence-electron chi connectivity index (χ2n) is 4.56. The predicted molar refractivity (Wildman–Crippen MR) is 90.0 cm³/mol. The number of hydrogen-bond acceptors (Lipinski definition) is 2. The van der Waals surface area contributed by atoms with Gasteiger partial charge in [0.15, 0.2) is 0 Å². The lowest BCUT2D eigenvalue weighted by Crippen LogP contribution is -2.12. The van der Waals surface area contributed by atoms with E-state index in [0.717, 1.165) is 33.3 Å². The van der Waals surface area contributed by atoms with Gasteiger partial charge in [0.25, 0.3) is 0 Å². The van der Waals surface area contributed by atoms with Crippen molar-refractivity contribution in [2.24, 2.45) is 0 Å². The van der Waals surface area contributed by atoms with Crippen molar-refractivity contribution in [2.75, 3.05) is 6.54 Å². The summed E-state index contributed by atoms with van der Waals surface area (Å²) < 4.78 is 21.2. The van der Waals surface area contributed by atoms with Crippen molar-refractivity contribution in [3.8, 4) is 5.75 Å². The third-order valence-corrected chi connectivity index (χ3v) is 4.26. The molecule has 2 aromatic rings. The van der Waals surface area contributed by atoms with Gasteiger partial charge in [-0.05, 0) is 42.4 Å². The lowest BCUT2D eigenvalue weighted by molar-refractivity contribution is 0.299. The average molecular weight is 417 g/mol. The molecule has 0 aliphatic rings. The fourth-order valence-electron chi connectivity index (χ4n) is 1.84. The van der Waals surface area contributed by atoms with Gasteiger partial charge in [0, 0.05) is 21.1 Å². The van der Waals surface area contributed by atoms with E-state index in [9.17, 15) is 4.39 Å². The summed E-state index contributed by atoms with van der Waals surface area (Å²) in [6, 6.07) is 10.7. The molecule has 2 nitrogen and oxygen atoms in total. The Morgan fingerprint density at radius 2 is 1.90 bits per heavy atom. The SMILES string of the molecule is CCNCc1cc(OCc2ccc(Br)cc2F)ccc1Br. The van der Waals surface area contributed by atoms with Crippen LogP contribution in [0.3, 0.4) is 0 Å². The Labute approximate surface area is 141 Å². The van der Waals surface area contributed by atoms with E-state index in [1.165, 1.54) is 6.07 Å². The van der Waals surface area contributed by atoms with Gasteiger partial charge in [0.1, 0.15) is 18.2 Å². The molecule has 0 bridgehead atoms. The Morgan fingerprint density at radius 1 is 1.10 bits per heavy atom. The molecular weight excluding hydrogens is 401 g/mol. The molecule has 5 heteroatoms. The summed E-state index contributed by atoms with van der Waals surface area (Å²) in [5.74, 6) is 0.461. The zero-order valence-corrected chi connectivity index (χ0v) is 14.8. The van der Waals surface area contributed by atoms with E-state index in [1.54, 1.807) is 12.1 Å². The highest BCUT2D eigenvalue weighted by atomic mass is 79.9. The van der Waals surface area contributed by atoms with E-state index < -0.39 is 0 Å². The Balaban J connectivity index is 2.05. The Bertz CT molecular complexity index is 619. The van der Waals surface area contributed by atoms with E-state index in [1.807, 2.05) is 18.2 Å². The van der Waals surface area contributed by atoms with Gasteiger partial charge < -0.3 is 10.1 Å². The van der Waals surface area contributed by atoms with Crippen LogP contribution in [0.5, 0.6) is 5.75 Å². The van der Waals surface area contributed by atoms with E-state index in [2.05, 4.69) is 44.1 Å². The van der Waals surface area contributed by atoms with E-state index in [-0.39, 0.29) is 12.4 Å². The zero-order valence-electron chi connectivity index (χ0n) is 11.6. The molecular formula is C16H16Br2FNO. The summed E-state index contributed by atoms with van der Waals surface area (Å²) in [4.78, 5) is 0. The van der Waals surface area contributed by atoms with E-state index in [4.69, 9.17) is 4.74 Å². The van der Waals surface area contributed by atoms with Gasteiger partial charge in [0.2, 0.25) is 0 Å². The maximum absolute atomic E-state index is 13.7. The van der Waals surface area contributed by atoms with Crippen LogP contribution < -0.4 is 10.1 Å². The van der Waals surface area contributed by atoms with E-state index >= 15 is 0 Å². The molecule has 0 spiro atoms. The van der Waals surface area contributed by atoms with Crippen molar-refractivity contribution in [3.05, 3.63) is 62.3 Å². The summed E-state index contributed by atoms with van der Waals surface area (Å²) in [7, 11) is 0. The lowest BCUT2D eigenvalue weighted by Gasteiger charge is -2.11. The quantitative estimate of drug-likeness (QED) is 0.712. The first-order valence-corrected chi connectivity index (χ1v) is 8.24. The van der Waals surface area contributed by atoms with Crippen molar-refractivity contribution in [1.82, 2.24) is 5.32 Å². The third-order valence-electron chi connectivity index (χ3n) is 2.99. The summed E-state index contributed by atoms with van der Waals surface area (Å²) in [6.45, 7) is 3.94. The molecule has 2 aromatic carbocycles. The van der Waals surface area contributed by atoms with Gasteiger partial charge in [-0.3, -0.25) is 0 Å². The maximum atomic E-state index is 13.7. The second kappa shape index (κ2) is 7.92. The van der Waals surface area contributed by atoms with Crippen molar-refractivity contribution < 1.29 is 9.13 Å². The highest BCUT2D eigenvalue weighted by Crippen LogP contribution is 2.24. The van der Waals surface area contributed by atoms with Crippen LogP contribution in [0.1, 0.15) is 18.1 Å². The van der Waals surface area contributed by atoms with Crippen LogP contribution in [0, 0.1) is 5.82 Å². The minimum Gasteiger partial charge on any atom is -0.489 e. The molecule has 0 amide bonds. The topological polar surface area (TPSA) is 21.3 Å². The lowest BCUT2D eigenvalue weighted by atomic mass is 10.2. The Hall–Kier alpha value is -0.910. The summed E-state index contributed by atoms with van der Waals surface area (Å²) in [5.41, 5.74) is 1.65. The number of benzene rings is 2. The highest BCUT2D eigenvalue weighted by Gasteiger charge is 2.06. The van der Waals surface area contributed by atoms with Gasteiger partial charge in [-0.1, -0.05) is 44.8 Å². The van der Waals surface area contributed by atoms with Crippen LogP contribution in [0.2, 0.25) is 0 Å². The minimum absolute atomic E-state index is 0.210. The molecule has 0 fully saturated rings. The van der Waals surface area contributed by atoms with Crippen LogP contribution >= 0.6 is 31.9 Å². The Kier molecular flexibility index (Phi) is 6.21. The van der Waals surface area contributed by atoms with Gasteiger partial charge in [-0.25, -0.2) is 4.39 Å². The normalized spacial score (nSPS) is 10.7. The molecule has 112 valence electrons. The molecule has 0 saturated heterocycles. The third kappa shape index (κ3) is 4.80. The van der Waals surface area contributed by atoms with Crippen LogP contribution in [0.15, 0.2) is 45.3 Å². The molecule has 0 heterocycles. The standard InChI is InChI=1S/C16H16Br2FNO/c1-2-20-9-12-7-14(5-6-15(12)18)21-10-11-3-4-13(17)8-16(11)19/h3-8,20H,2,9-10H2,1H3. The number of halogens is 3. The van der Waals surface area contributed by atoms with Crippen LogP contribution in [-0.2, 0) is 13.2 Å². The largest absolute Gasteiger partial charge is 0.489 e. The predicted octanol–water partition coefficient (Wildman–Crippen LogP) is 5.04. The molecule has 0 unspecified atom stereocenters. The number of nitrogens with one attached hydrogen (secondary N) is 1. The molecule has 0 atom stereocenters. The minimum atomic E-state index is -0.269. The molecule has 0 aliphatic carbocycles. The van der Waals surface area contributed by atoms with Crippen LogP contribution in [0.4, 0.5) is 4.39 Å². The van der Waals surface area contributed by atoms with Gasteiger partial charge in [-0.2, -0.15) is 0 Å². The number of hydrogen-bond donors (Lipinski definition) is 1. The highest BCUT2D eigenvalue weighted by molar-refractivity contribution is 9.10. The molecule has 0 radical (unpaired) electrons. The van der Waals surface area contributed by atoms with Crippen molar-refractivity contribution in [1.29, 1.82) is 0 Å². The number of rotatable bonds is 6. The molecule has 0 aromatic heterocycles. The molecule has 2 rings (SSSR count). The summed E-state index contributed by atoms with van der Waals surface area (Å²) in [6.07, 6.45) is 0.